The molecule has 3 rings (SSSR count). The zero-order chi connectivity index (χ0) is 13.8. The molecule has 0 N–H and O–H groups in total. The smallest absolute Gasteiger partial charge is 0.218 e. The Morgan fingerprint density at radius 3 is 2.80 bits per heavy atom. The van der Waals surface area contributed by atoms with Crippen LogP contribution in [0, 0.1) is 0 Å². The number of ether oxygens (including phenoxy) is 1. The van der Waals surface area contributed by atoms with E-state index in [0.29, 0.717) is 12.6 Å². The van der Waals surface area contributed by atoms with Crippen molar-refractivity contribution in [2.24, 2.45) is 0 Å². The van der Waals surface area contributed by atoms with Gasteiger partial charge in [0.25, 0.3) is 0 Å². The second-order valence-electron chi connectivity index (χ2n) is 5.31. The van der Waals surface area contributed by atoms with Gasteiger partial charge in [-0.1, -0.05) is 36.4 Å². The van der Waals surface area contributed by atoms with Crippen molar-refractivity contribution >= 4 is 0 Å². The van der Waals surface area contributed by atoms with Crippen molar-refractivity contribution in [1.29, 1.82) is 0 Å². The number of hydrogen-bond donors (Lipinski definition) is 0. The Hall–Kier alpha value is -1.87. The molecule has 104 valence electrons. The summed E-state index contributed by atoms with van der Waals surface area (Å²) in [5, 5.41) is 0. The number of benzene rings is 1. The Morgan fingerprint density at radius 2 is 2.05 bits per heavy atom. The quantitative estimate of drug-likeness (QED) is 0.849. The highest BCUT2D eigenvalue weighted by Gasteiger charge is 2.25. The molecule has 3 heteroatoms. The third kappa shape index (κ3) is 2.83. The first-order valence-corrected chi connectivity index (χ1v) is 7.16. The van der Waals surface area contributed by atoms with Gasteiger partial charge in [-0.25, -0.2) is 4.98 Å². The molecule has 1 unspecified atom stereocenters. The summed E-state index contributed by atoms with van der Waals surface area (Å²) in [7, 11) is 2.17. The van der Waals surface area contributed by atoms with Crippen molar-refractivity contribution in [3.05, 3.63) is 59.8 Å². The standard InChI is InChI=1S/C17H20N2O/c1-19-12-6-10-16(19)15-9-5-11-18-17(15)20-13-14-7-3-2-4-8-14/h2-5,7-9,11,16H,6,10,12-13H2,1H3. The molecule has 20 heavy (non-hydrogen) atoms. The molecular formula is C17H20N2O. The maximum Gasteiger partial charge on any atom is 0.218 e. The molecule has 1 aromatic carbocycles. The topological polar surface area (TPSA) is 25.4 Å². The summed E-state index contributed by atoms with van der Waals surface area (Å²) in [6, 6.07) is 14.8. The molecule has 1 aromatic heterocycles. The molecule has 2 aromatic rings. The Morgan fingerprint density at radius 1 is 1.20 bits per heavy atom. The van der Waals surface area contributed by atoms with E-state index in [2.05, 4.69) is 35.1 Å². The molecular weight excluding hydrogens is 248 g/mol. The summed E-state index contributed by atoms with van der Waals surface area (Å²) in [5.41, 5.74) is 2.38. The van der Waals surface area contributed by atoms with Crippen molar-refractivity contribution in [2.75, 3.05) is 13.6 Å². The van der Waals surface area contributed by atoms with Gasteiger partial charge in [-0.3, -0.25) is 4.90 Å². The Kier molecular flexibility index (Phi) is 3.97. The zero-order valence-electron chi connectivity index (χ0n) is 11.8. The minimum atomic E-state index is 0.439. The molecule has 3 nitrogen and oxygen atoms in total. The van der Waals surface area contributed by atoms with Gasteiger partial charge < -0.3 is 4.74 Å². The number of hydrogen-bond acceptors (Lipinski definition) is 3. The second-order valence-corrected chi connectivity index (χ2v) is 5.31. The molecule has 0 spiro atoms. The van der Waals surface area contributed by atoms with Crippen molar-refractivity contribution in [3.8, 4) is 5.88 Å². The fraction of sp³-hybridized carbons (Fsp3) is 0.353. The zero-order valence-corrected chi connectivity index (χ0v) is 11.8. The first-order chi connectivity index (χ1) is 9.84. The van der Waals surface area contributed by atoms with E-state index in [9.17, 15) is 0 Å². The maximum atomic E-state index is 5.95. The van der Waals surface area contributed by atoms with Gasteiger partial charge in [-0.2, -0.15) is 0 Å². The lowest BCUT2D eigenvalue weighted by atomic mass is 10.1. The molecule has 1 aliphatic heterocycles. The minimum Gasteiger partial charge on any atom is -0.473 e. The third-order valence-corrected chi connectivity index (χ3v) is 3.90. The highest BCUT2D eigenvalue weighted by molar-refractivity contribution is 5.30. The van der Waals surface area contributed by atoms with Gasteiger partial charge in [0.2, 0.25) is 5.88 Å². The van der Waals surface area contributed by atoms with Gasteiger partial charge >= 0.3 is 0 Å². The highest BCUT2D eigenvalue weighted by atomic mass is 16.5. The van der Waals surface area contributed by atoms with Gasteiger partial charge in [0.15, 0.2) is 0 Å². The van der Waals surface area contributed by atoms with Crippen LogP contribution in [0.5, 0.6) is 5.88 Å². The molecule has 0 bridgehead atoms. The van der Waals surface area contributed by atoms with Crippen LogP contribution in [0.4, 0.5) is 0 Å². The molecule has 1 atom stereocenters. The predicted molar refractivity (Wildman–Crippen MR) is 79.6 cm³/mol. The van der Waals surface area contributed by atoms with E-state index in [4.69, 9.17) is 4.74 Å². The minimum absolute atomic E-state index is 0.439. The summed E-state index contributed by atoms with van der Waals surface area (Å²) in [5.74, 6) is 0.773. The van der Waals surface area contributed by atoms with Gasteiger partial charge in [0, 0.05) is 17.8 Å². The molecule has 1 fully saturated rings. The van der Waals surface area contributed by atoms with Crippen LogP contribution < -0.4 is 4.74 Å². The molecule has 0 saturated carbocycles. The summed E-state index contributed by atoms with van der Waals surface area (Å²) in [6.45, 7) is 1.72. The molecule has 1 aliphatic rings. The Balaban J connectivity index is 1.76. The first kappa shape index (κ1) is 13.1. The van der Waals surface area contributed by atoms with Crippen LogP contribution in [0.2, 0.25) is 0 Å². The second kappa shape index (κ2) is 6.06. The highest BCUT2D eigenvalue weighted by Crippen LogP contribution is 2.34. The lowest BCUT2D eigenvalue weighted by Crippen LogP contribution is -2.18. The fourth-order valence-electron chi connectivity index (χ4n) is 2.81. The van der Waals surface area contributed by atoms with E-state index in [1.165, 1.54) is 24.0 Å². The van der Waals surface area contributed by atoms with E-state index in [-0.39, 0.29) is 0 Å². The van der Waals surface area contributed by atoms with Crippen molar-refractivity contribution in [1.82, 2.24) is 9.88 Å². The van der Waals surface area contributed by atoms with Crippen LogP contribution >= 0.6 is 0 Å². The molecule has 0 radical (unpaired) electrons. The normalized spacial score (nSPS) is 19.1. The van der Waals surface area contributed by atoms with Crippen LogP contribution in [-0.2, 0) is 6.61 Å². The molecule has 1 saturated heterocycles. The summed E-state index contributed by atoms with van der Waals surface area (Å²) in [4.78, 5) is 6.81. The van der Waals surface area contributed by atoms with Gasteiger partial charge in [0.1, 0.15) is 6.61 Å². The molecule has 0 amide bonds. The summed E-state index contributed by atoms with van der Waals surface area (Å²) < 4.78 is 5.95. The lowest BCUT2D eigenvalue weighted by molar-refractivity contribution is 0.267. The Labute approximate surface area is 120 Å². The fourth-order valence-corrected chi connectivity index (χ4v) is 2.81. The van der Waals surface area contributed by atoms with Crippen LogP contribution in [0.15, 0.2) is 48.7 Å². The van der Waals surface area contributed by atoms with E-state index < -0.39 is 0 Å². The van der Waals surface area contributed by atoms with Gasteiger partial charge in [-0.15, -0.1) is 0 Å². The van der Waals surface area contributed by atoms with E-state index in [1.807, 2.05) is 24.3 Å². The number of likely N-dealkylation sites (tertiary alicyclic amines) is 1. The summed E-state index contributed by atoms with van der Waals surface area (Å²) in [6.07, 6.45) is 4.23. The Bertz CT molecular complexity index is 556. The average Bonchev–Trinajstić information content (AvgIpc) is 2.92. The van der Waals surface area contributed by atoms with Crippen LogP contribution in [-0.4, -0.2) is 23.5 Å². The van der Waals surface area contributed by atoms with E-state index in [1.54, 1.807) is 6.20 Å². The summed E-state index contributed by atoms with van der Waals surface area (Å²) >= 11 is 0. The predicted octanol–water partition coefficient (Wildman–Crippen LogP) is 3.43. The monoisotopic (exact) mass is 268 g/mol. The van der Waals surface area contributed by atoms with Gasteiger partial charge in [0.05, 0.1) is 0 Å². The van der Waals surface area contributed by atoms with Crippen LogP contribution in [0.3, 0.4) is 0 Å². The number of pyridine rings is 1. The van der Waals surface area contributed by atoms with Crippen molar-refractivity contribution in [3.63, 3.8) is 0 Å². The number of nitrogens with zero attached hydrogens (tertiary/aromatic N) is 2. The molecule has 0 aliphatic carbocycles. The van der Waals surface area contributed by atoms with Crippen molar-refractivity contribution in [2.45, 2.75) is 25.5 Å². The van der Waals surface area contributed by atoms with E-state index in [0.717, 1.165) is 12.4 Å². The van der Waals surface area contributed by atoms with Crippen LogP contribution in [0.25, 0.3) is 0 Å². The van der Waals surface area contributed by atoms with Gasteiger partial charge in [-0.05, 0) is 38.1 Å². The average molecular weight is 268 g/mol. The lowest BCUT2D eigenvalue weighted by Gasteiger charge is -2.21. The van der Waals surface area contributed by atoms with Crippen molar-refractivity contribution < 1.29 is 4.74 Å². The number of aromatic nitrogens is 1. The largest absolute Gasteiger partial charge is 0.473 e. The SMILES string of the molecule is CN1CCCC1c1cccnc1OCc1ccccc1. The van der Waals surface area contributed by atoms with Crippen LogP contribution in [0.1, 0.15) is 30.0 Å². The first-order valence-electron chi connectivity index (χ1n) is 7.16. The number of rotatable bonds is 4. The van der Waals surface area contributed by atoms with E-state index >= 15 is 0 Å². The molecule has 2 heterocycles. The third-order valence-electron chi connectivity index (χ3n) is 3.90. The maximum absolute atomic E-state index is 5.95.